The molecule has 2 unspecified atom stereocenters. The fourth-order valence-corrected chi connectivity index (χ4v) is 4.94. The first-order chi connectivity index (χ1) is 12.6. The van der Waals surface area contributed by atoms with Crippen LogP contribution in [0, 0.1) is 11.8 Å². The van der Waals surface area contributed by atoms with Crippen molar-refractivity contribution in [2.75, 3.05) is 26.2 Å². The molecule has 3 saturated heterocycles. The molecule has 0 saturated carbocycles. The summed E-state index contributed by atoms with van der Waals surface area (Å²) in [5.41, 5.74) is 1.21. The Hall–Kier alpha value is -2.08. The molecule has 1 aromatic rings. The van der Waals surface area contributed by atoms with E-state index >= 15 is 0 Å². The van der Waals surface area contributed by atoms with E-state index in [0.717, 1.165) is 45.4 Å². The number of hydrogen-bond acceptors (Lipinski definition) is 4. The average molecular weight is 358 g/mol. The van der Waals surface area contributed by atoms with Gasteiger partial charge in [-0.25, -0.2) is 4.79 Å². The number of benzene rings is 1. The van der Waals surface area contributed by atoms with Crippen LogP contribution < -0.4 is 4.74 Å². The molecule has 0 radical (unpaired) electrons. The van der Waals surface area contributed by atoms with Crippen molar-refractivity contribution in [1.82, 2.24) is 9.80 Å². The molecule has 0 aromatic heterocycles. The molecule has 0 spiro atoms. The largest absolute Gasteiger partial charge is 0.482 e. The fraction of sp³-hybridized carbons (Fsp3) is 0.600. The van der Waals surface area contributed by atoms with Crippen molar-refractivity contribution < 1.29 is 19.4 Å². The topological polar surface area (TPSA) is 70.1 Å². The van der Waals surface area contributed by atoms with Gasteiger partial charge in [-0.05, 0) is 48.8 Å². The Balaban J connectivity index is 1.36. The zero-order chi connectivity index (χ0) is 18.1. The van der Waals surface area contributed by atoms with Gasteiger partial charge in [-0.1, -0.05) is 12.1 Å². The van der Waals surface area contributed by atoms with E-state index in [1.165, 1.54) is 12.0 Å². The van der Waals surface area contributed by atoms with Crippen LogP contribution in [0.5, 0.6) is 5.75 Å². The van der Waals surface area contributed by atoms with Crippen molar-refractivity contribution in [2.45, 2.75) is 38.3 Å². The third kappa shape index (κ3) is 3.70. The summed E-state index contributed by atoms with van der Waals surface area (Å²) in [6, 6.07) is 8.15. The number of carboxylic acid groups (broad SMARTS) is 1. The molecule has 140 valence electrons. The number of fused-ring (bicyclic) bond motifs is 4. The monoisotopic (exact) mass is 358 g/mol. The number of carboxylic acids is 1. The molecular weight excluding hydrogens is 332 g/mol. The predicted molar refractivity (Wildman–Crippen MR) is 95.8 cm³/mol. The first-order valence-corrected chi connectivity index (χ1v) is 9.54. The number of piperidine rings is 3. The molecule has 6 heteroatoms. The summed E-state index contributed by atoms with van der Waals surface area (Å²) >= 11 is 0. The van der Waals surface area contributed by atoms with Crippen LogP contribution in [-0.4, -0.2) is 59.1 Å². The molecule has 1 amide bonds. The van der Waals surface area contributed by atoms with Crippen molar-refractivity contribution in [2.24, 2.45) is 11.8 Å². The number of nitrogens with zero attached hydrogens (tertiary/aromatic N) is 2. The van der Waals surface area contributed by atoms with Crippen LogP contribution in [0.4, 0.5) is 0 Å². The maximum absolute atomic E-state index is 12.2. The van der Waals surface area contributed by atoms with E-state index in [-0.39, 0.29) is 6.61 Å². The maximum atomic E-state index is 12.2. The van der Waals surface area contributed by atoms with Crippen LogP contribution in [0.2, 0.25) is 0 Å². The Kier molecular flexibility index (Phi) is 4.85. The molecule has 26 heavy (non-hydrogen) atoms. The highest BCUT2D eigenvalue weighted by molar-refractivity contribution is 5.77. The van der Waals surface area contributed by atoms with E-state index in [1.807, 2.05) is 24.3 Å². The van der Waals surface area contributed by atoms with Crippen LogP contribution in [0.3, 0.4) is 0 Å². The lowest BCUT2D eigenvalue weighted by Crippen LogP contribution is -2.60. The summed E-state index contributed by atoms with van der Waals surface area (Å²) < 4.78 is 5.19. The number of likely N-dealkylation sites (tertiary alicyclic amines) is 1. The molecule has 1 aromatic carbocycles. The van der Waals surface area contributed by atoms with E-state index in [1.54, 1.807) is 0 Å². The first kappa shape index (κ1) is 17.3. The molecule has 3 aliphatic rings. The lowest BCUT2D eigenvalue weighted by molar-refractivity contribution is -0.145. The summed E-state index contributed by atoms with van der Waals surface area (Å²) in [5, 5.41) is 8.67. The summed E-state index contributed by atoms with van der Waals surface area (Å²) in [6.07, 6.45) is 4.19. The normalized spacial score (nSPS) is 28.5. The number of carbonyl (C=O) groups is 2. The van der Waals surface area contributed by atoms with Gasteiger partial charge in [0.2, 0.25) is 5.91 Å². The molecule has 0 aliphatic carbocycles. The van der Waals surface area contributed by atoms with E-state index < -0.39 is 5.97 Å². The fourth-order valence-electron chi connectivity index (χ4n) is 4.94. The standard InChI is InChI=1S/C20H26N2O4/c23-19-3-1-2-18-16-8-15(11-22(18)19)10-21(12-16)9-14-4-6-17(7-5-14)26-13-20(24)25/h4-7,15-16,18H,1-3,8-13H2,(H,24,25)/t15?,16?,18-/m0/s1. The highest BCUT2D eigenvalue weighted by atomic mass is 16.5. The van der Waals surface area contributed by atoms with Crippen LogP contribution in [0.25, 0.3) is 0 Å². The molecule has 1 N–H and O–H groups in total. The quantitative estimate of drug-likeness (QED) is 0.872. The van der Waals surface area contributed by atoms with Crippen molar-refractivity contribution in [3.8, 4) is 5.75 Å². The van der Waals surface area contributed by atoms with E-state index in [2.05, 4.69) is 9.80 Å². The van der Waals surface area contributed by atoms with E-state index in [4.69, 9.17) is 9.84 Å². The lowest BCUT2D eigenvalue weighted by atomic mass is 9.76. The van der Waals surface area contributed by atoms with Crippen LogP contribution in [0.15, 0.2) is 24.3 Å². The predicted octanol–water partition coefficient (Wildman–Crippen LogP) is 1.98. The number of amides is 1. The smallest absolute Gasteiger partial charge is 0.341 e. The van der Waals surface area contributed by atoms with Crippen LogP contribution in [-0.2, 0) is 16.1 Å². The van der Waals surface area contributed by atoms with Gasteiger partial charge < -0.3 is 14.7 Å². The molecule has 3 aliphatic heterocycles. The van der Waals surface area contributed by atoms with Crippen molar-refractivity contribution in [1.29, 1.82) is 0 Å². The zero-order valence-electron chi connectivity index (χ0n) is 15.0. The summed E-state index contributed by atoms with van der Waals surface area (Å²) in [4.78, 5) is 27.5. The lowest BCUT2D eigenvalue weighted by Gasteiger charge is -2.52. The van der Waals surface area contributed by atoms with Gasteiger partial charge in [0.05, 0.1) is 0 Å². The molecule has 3 fully saturated rings. The first-order valence-electron chi connectivity index (χ1n) is 9.54. The Bertz CT molecular complexity index is 675. The van der Waals surface area contributed by atoms with Gasteiger partial charge in [-0.2, -0.15) is 0 Å². The Morgan fingerprint density at radius 3 is 2.77 bits per heavy atom. The van der Waals surface area contributed by atoms with E-state index in [0.29, 0.717) is 29.5 Å². The van der Waals surface area contributed by atoms with Crippen molar-refractivity contribution in [3.63, 3.8) is 0 Å². The second-order valence-electron chi connectivity index (χ2n) is 7.89. The summed E-state index contributed by atoms with van der Waals surface area (Å²) in [7, 11) is 0. The van der Waals surface area contributed by atoms with Gasteiger partial charge >= 0.3 is 5.97 Å². The van der Waals surface area contributed by atoms with Crippen molar-refractivity contribution in [3.05, 3.63) is 29.8 Å². The minimum absolute atomic E-state index is 0.314. The van der Waals surface area contributed by atoms with E-state index in [9.17, 15) is 9.59 Å². The Morgan fingerprint density at radius 1 is 1.19 bits per heavy atom. The highest BCUT2D eigenvalue weighted by Gasteiger charge is 2.43. The SMILES string of the molecule is O=C(O)COc1ccc(CN2CC3CC(C2)[C@@H]2CCCC(=O)N2C3)cc1. The summed E-state index contributed by atoms with van der Waals surface area (Å²) in [6.45, 7) is 3.61. The molecule has 3 atom stereocenters. The van der Waals surface area contributed by atoms with Crippen LogP contribution >= 0.6 is 0 Å². The molecule has 3 heterocycles. The molecular formula is C20H26N2O4. The molecule has 2 bridgehead atoms. The Morgan fingerprint density at radius 2 is 2.00 bits per heavy atom. The third-order valence-electron chi connectivity index (χ3n) is 5.95. The van der Waals surface area contributed by atoms with Gasteiger partial charge in [-0.15, -0.1) is 0 Å². The molecule has 4 rings (SSSR count). The van der Waals surface area contributed by atoms with Gasteiger partial charge in [-0.3, -0.25) is 9.69 Å². The highest BCUT2D eigenvalue weighted by Crippen LogP contribution is 2.38. The Labute approximate surface area is 153 Å². The van der Waals surface area contributed by atoms with Crippen molar-refractivity contribution >= 4 is 11.9 Å². The average Bonchev–Trinajstić information content (AvgIpc) is 2.62. The number of hydrogen-bond donors (Lipinski definition) is 1. The van der Waals surface area contributed by atoms with Crippen LogP contribution in [0.1, 0.15) is 31.2 Å². The van der Waals surface area contributed by atoms with Gasteiger partial charge in [0, 0.05) is 38.6 Å². The van der Waals surface area contributed by atoms with Gasteiger partial charge in [0.25, 0.3) is 0 Å². The number of rotatable bonds is 5. The number of ether oxygens (including phenoxy) is 1. The maximum Gasteiger partial charge on any atom is 0.341 e. The number of aliphatic carboxylic acids is 1. The third-order valence-corrected chi connectivity index (χ3v) is 5.95. The minimum Gasteiger partial charge on any atom is -0.482 e. The molecule has 6 nitrogen and oxygen atoms in total. The summed E-state index contributed by atoms with van der Waals surface area (Å²) in [5.74, 6) is 1.17. The zero-order valence-corrected chi connectivity index (χ0v) is 15.0. The minimum atomic E-state index is -0.968. The van der Waals surface area contributed by atoms with Gasteiger partial charge in [0.15, 0.2) is 6.61 Å². The second-order valence-corrected chi connectivity index (χ2v) is 7.89. The van der Waals surface area contributed by atoms with Gasteiger partial charge in [0.1, 0.15) is 5.75 Å². The second kappa shape index (κ2) is 7.27. The number of carbonyl (C=O) groups excluding carboxylic acids is 1.